The van der Waals surface area contributed by atoms with Gasteiger partial charge in [-0.1, -0.05) is 18.2 Å². The smallest absolute Gasteiger partial charge is 0.192 e. The molecule has 0 saturated heterocycles. The van der Waals surface area contributed by atoms with Crippen LogP contribution in [-0.2, 0) is 0 Å². The first-order valence-corrected chi connectivity index (χ1v) is 4.54. The normalized spacial score (nSPS) is 10.7. The fourth-order valence-corrected chi connectivity index (χ4v) is 1.66. The number of hydrogen-bond donors (Lipinski definition) is 2. The van der Waals surface area contributed by atoms with Gasteiger partial charge in [-0.15, -0.1) is 0 Å². The zero-order valence-electron chi connectivity index (χ0n) is 8.00. The fraction of sp³-hybridized carbons (Fsp3) is 0.182. The van der Waals surface area contributed by atoms with Crippen molar-refractivity contribution in [3.63, 3.8) is 0 Å². The van der Waals surface area contributed by atoms with Gasteiger partial charge in [0.2, 0.25) is 0 Å². The number of aromatic amines is 1. The van der Waals surface area contributed by atoms with Crippen molar-refractivity contribution >= 4 is 16.7 Å². The number of ketones is 1. The molecule has 0 fully saturated rings. The van der Waals surface area contributed by atoms with E-state index in [2.05, 4.69) is 4.98 Å². The lowest BCUT2D eigenvalue weighted by Crippen LogP contribution is -2.14. The van der Waals surface area contributed by atoms with Crippen LogP contribution >= 0.6 is 0 Å². The minimum atomic E-state index is -0.0429. The summed E-state index contributed by atoms with van der Waals surface area (Å²) in [5, 5.41) is 1.09. The molecule has 1 aromatic carbocycles. The molecule has 3 N–H and O–H groups in total. The third kappa shape index (κ3) is 1.22. The second kappa shape index (κ2) is 3.27. The average molecular weight is 188 g/mol. The molecule has 2 aromatic rings. The Balaban J connectivity index is 2.68. The predicted octanol–water partition coefficient (Wildman–Crippen LogP) is 1.62. The van der Waals surface area contributed by atoms with E-state index >= 15 is 0 Å². The van der Waals surface area contributed by atoms with Gasteiger partial charge in [0.25, 0.3) is 0 Å². The molecular weight excluding hydrogens is 176 g/mol. The van der Waals surface area contributed by atoms with E-state index in [-0.39, 0.29) is 12.3 Å². The first-order chi connectivity index (χ1) is 6.74. The van der Waals surface area contributed by atoms with Crippen LogP contribution in [0.1, 0.15) is 16.1 Å². The number of aromatic nitrogens is 1. The van der Waals surface area contributed by atoms with E-state index in [1.54, 1.807) is 0 Å². The second-order valence-corrected chi connectivity index (χ2v) is 3.30. The Morgan fingerprint density at radius 2 is 2.14 bits per heavy atom. The van der Waals surface area contributed by atoms with Crippen molar-refractivity contribution in [3.05, 3.63) is 35.5 Å². The second-order valence-electron chi connectivity index (χ2n) is 3.30. The Kier molecular flexibility index (Phi) is 2.09. The van der Waals surface area contributed by atoms with Gasteiger partial charge in [0, 0.05) is 10.9 Å². The van der Waals surface area contributed by atoms with Gasteiger partial charge in [-0.05, 0) is 18.6 Å². The van der Waals surface area contributed by atoms with E-state index in [4.69, 9.17) is 5.73 Å². The van der Waals surface area contributed by atoms with E-state index in [0.29, 0.717) is 5.69 Å². The molecule has 14 heavy (non-hydrogen) atoms. The summed E-state index contributed by atoms with van der Waals surface area (Å²) in [6.07, 6.45) is 0. The van der Waals surface area contributed by atoms with Crippen molar-refractivity contribution in [2.45, 2.75) is 6.92 Å². The highest BCUT2D eigenvalue weighted by atomic mass is 16.1. The fourth-order valence-electron chi connectivity index (χ4n) is 1.66. The van der Waals surface area contributed by atoms with Crippen LogP contribution in [0.4, 0.5) is 0 Å². The highest BCUT2D eigenvalue weighted by Crippen LogP contribution is 2.21. The van der Waals surface area contributed by atoms with E-state index in [1.165, 1.54) is 0 Å². The zero-order chi connectivity index (χ0) is 10.1. The number of aryl methyl sites for hydroxylation is 1. The van der Waals surface area contributed by atoms with Gasteiger partial charge in [-0.2, -0.15) is 0 Å². The summed E-state index contributed by atoms with van der Waals surface area (Å²) in [4.78, 5) is 14.5. The number of nitrogens with one attached hydrogen (secondary N) is 1. The quantitative estimate of drug-likeness (QED) is 0.703. The van der Waals surface area contributed by atoms with Gasteiger partial charge in [0.05, 0.1) is 12.2 Å². The van der Waals surface area contributed by atoms with E-state index in [0.717, 1.165) is 16.5 Å². The lowest BCUT2D eigenvalue weighted by Gasteiger charge is -1.94. The predicted molar refractivity (Wildman–Crippen MR) is 56.4 cm³/mol. The van der Waals surface area contributed by atoms with Crippen molar-refractivity contribution in [2.24, 2.45) is 5.73 Å². The van der Waals surface area contributed by atoms with Gasteiger partial charge >= 0.3 is 0 Å². The van der Waals surface area contributed by atoms with Crippen LogP contribution in [-0.4, -0.2) is 17.3 Å². The Hall–Kier alpha value is -1.61. The number of nitrogens with two attached hydrogens (primary N) is 1. The molecule has 0 saturated carbocycles. The number of carbonyl (C=O) groups excluding carboxylic acids is 1. The molecule has 3 heteroatoms. The maximum Gasteiger partial charge on any atom is 0.192 e. The average Bonchev–Trinajstić information content (AvgIpc) is 2.56. The Labute approximate surface area is 81.9 Å². The van der Waals surface area contributed by atoms with Crippen LogP contribution < -0.4 is 5.73 Å². The molecule has 0 bridgehead atoms. The van der Waals surface area contributed by atoms with Gasteiger partial charge in [-0.3, -0.25) is 4.79 Å². The summed E-state index contributed by atoms with van der Waals surface area (Å²) >= 11 is 0. The molecule has 72 valence electrons. The standard InChI is InChI=1S/C11H12N2O/c1-7-8-4-2-3-5-9(8)13-11(7)10(14)6-12/h2-5,13H,6,12H2,1H3. The Bertz CT molecular complexity index is 485. The molecule has 0 amide bonds. The van der Waals surface area contributed by atoms with Crippen LogP contribution in [0.25, 0.3) is 10.9 Å². The number of hydrogen-bond acceptors (Lipinski definition) is 2. The first-order valence-electron chi connectivity index (χ1n) is 4.54. The van der Waals surface area contributed by atoms with Crippen molar-refractivity contribution < 1.29 is 4.79 Å². The molecule has 1 heterocycles. The number of benzene rings is 1. The molecule has 0 aliphatic heterocycles. The molecule has 1 aromatic heterocycles. The summed E-state index contributed by atoms with van der Waals surface area (Å²) in [6.45, 7) is 1.98. The van der Waals surface area contributed by atoms with E-state index in [9.17, 15) is 4.79 Å². The number of H-pyrrole nitrogens is 1. The summed E-state index contributed by atoms with van der Waals surface area (Å²) in [7, 11) is 0. The minimum absolute atomic E-state index is 0.0429. The molecule has 3 nitrogen and oxygen atoms in total. The monoisotopic (exact) mass is 188 g/mol. The molecule has 2 rings (SSSR count). The number of fused-ring (bicyclic) bond motifs is 1. The van der Waals surface area contributed by atoms with Gasteiger partial charge < -0.3 is 10.7 Å². The van der Waals surface area contributed by atoms with Crippen molar-refractivity contribution in [3.8, 4) is 0 Å². The lowest BCUT2D eigenvalue weighted by molar-refractivity contribution is 0.0997. The topological polar surface area (TPSA) is 58.9 Å². The number of rotatable bonds is 2. The van der Waals surface area contributed by atoms with E-state index < -0.39 is 0 Å². The SMILES string of the molecule is Cc1c(C(=O)CN)[nH]c2ccccc12. The third-order valence-corrected chi connectivity index (χ3v) is 2.43. The maximum absolute atomic E-state index is 11.4. The van der Waals surface area contributed by atoms with Crippen LogP contribution in [0, 0.1) is 6.92 Å². The largest absolute Gasteiger partial charge is 0.352 e. The molecular formula is C11H12N2O. The molecule has 0 atom stereocenters. The molecule has 0 spiro atoms. The van der Waals surface area contributed by atoms with Gasteiger partial charge in [-0.25, -0.2) is 0 Å². The summed E-state index contributed by atoms with van der Waals surface area (Å²) in [5.74, 6) is -0.0429. The van der Waals surface area contributed by atoms with Crippen molar-refractivity contribution in [1.29, 1.82) is 0 Å². The molecule has 0 aliphatic carbocycles. The van der Waals surface area contributed by atoms with Crippen molar-refractivity contribution in [1.82, 2.24) is 4.98 Å². The molecule has 0 unspecified atom stereocenters. The first kappa shape index (κ1) is 8.97. The van der Waals surface area contributed by atoms with Crippen LogP contribution in [0.2, 0.25) is 0 Å². The minimum Gasteiger partial charge on any atom is -0.352 e. The van der Waals surface area contributed by atoms with Crippen LogP contribution in [0.15, 0.2) is 24.3 Å². The molecule has 0 aliphatic rings. The maximum atomic E-state index is 11.4. The van der Waals surface area contributed by atoms with Crippen LogP contribution in [0.5, 0.6) is 0 Å². The van der Waals surface area contributed by atoms with Gasteiger partial charge in [0.15, 0.2) is 5.78 Å². The highest BCUT2D eigenvalue weighted by molar-refractivity contribution is 6.02. The lowest BCUT2D eigenvalue weighted by atomic mass is 10.1. The highest BCUT2D eigenvalue weighted by Gasteiger charge is 2.12. The van der Waals surface area contributed by atoms with Crippen molar-refractivity contribution in [2.75, 3.05) is 6.54 Å². The van der Waals surface area contributed by atoms with E-state index in [1.807, 2.05) is 31.2 Å². The molecule has 0 radical (unpaired) electrons. The number of Topliss-reactive ketones (excluding diaryl/α,β-unsaturated/α-hetero) is 1. The number of carbonyl (C=O) groups is 1. The summed E-state index contributed by atoms with van der Waals surface area (Å²) in [5.41, 5.74) is 7.93. The Morgan fingerprint density at radius 1 is 1.43 bits per heavy atom. The number of para-hydroxylation sites is 1. The summed E-state index contributed by atoms with van der Waals surface area (Å²) in [6, 6.07) is 7.85. The zero-order valence-corrected chi connectivity index (χ0v) is 8.00. The van der Waals surface area contributed by atoms with Gasteiger partial charge in [0.1, 0.15) is 0 Å². The Morgan fingerprint density at radius 3 is 2.79 bits per heavy atom. The van der Waals surface area contributed by atoms with Crippen LogP contribution in [0.3, 0.4) is 0 Å². The summed E-state index contributed by atoms with van der Waals surface area (Å²) < 4.78 is 0. The third-order valence-electron chi connectivity index (χ3n) is 2.43.